The molecule has 2 aromatic rings. The van der Waals surface area contributed by atoms with Gasteiger partial charge in [-0.25, -0.2) is 0 Å². The first-order valence-corrected chi connectivity index (χ1v) is 8.07. The molecule has 0 aliphatic carbocycles. The van der Waals surface area contributed by atoms with E-state index < -0.39 is 0 Å². The van der Waals surface area contributed by atoms with Gasteiger partial charge in [0.2, 0.25) is 5.91 Å². The van der Waals surface area contributed by atoms with Gasteiger partial charge in [0, 0.05) is 12.5 Å². The normalized spacial score (nSPS) is 17.0. The molecule has 1 aliphatic rings. The van der Waals surface area contributed by atoms with Crippen LogP contribution in [-0.4, -0.2) is 18.5 Å². The van der Waals surface area contributed by atoms with Crippen molar-refractivity contribution < 1.29 is 9.53 Å². The van der Waals surface area contributed by atoms with E-state index in [9.17, 15) is 4.79 Å². The van der Waals surface area contributed by atoms with E-state index in [4.69, 9.17) is 4.74 Å². The van der Waals surface area contributed by atoms with E-state index in [-0.39, 0.29) is 5.91 Å². The monoisotopic (exact) mass is 310 g/mol. The second kappa shape index (κ2) is 7.29. The Labute approximate surface area is 136 Å². The van der Waals surface area contributed by atoms with Gasteiger partial charge in [-0.15, -0.1) is 0 Å². The van der Waals surface area contributed by atoms with Crippen LogP contribution in [0, 0.1) is 6.92 Å². The molecule has 0 bridgehead atoms. The molecule has 1 heterocycles. The van der Waals surface area contributed by atoms with E-state index in [1.165, 1.54) is 0 Å². The summed E-state index contributed by atoms with van der Waals surface area (Å²) in [6, 6.07) is 15.7. The average molecular weight is 310 g/mol. The lowest BCUT2D eigenvalue weighted by molar-refractivity contribution is -0.116. The van der Waals surface area contributed by atoms with Crippen molar-refractivity contribution in [3.05, 3.63) is 54.1 Å². The third kappa shape index (κ3) is 4.33. The van der Waals surface area contributed by atoms with Crippen molar-refractivity contribution in [1.29, 1.82) is 0 Å². The Hall–Kier alpha value is -2.33. The minimum Gasteiger partial charge on any atom is -0.455 e. The number of benzene rings is 2. The summed E-state index contributed by atoms with van der Waals surface area (Å²) in [5, 5.41) is 6.31. The van der Waals surface area contributed by atoms with E-state index in [1.54, 1.807) is 0 Å². The quantitative estimate of drug-likeness (QED) is 0.881. The van der Waals surface area contributed by atoms with Gasteiger partial charge in [0.25, 0.3) is 0 Å². The van der Waals surface area contributed by atoms with Crippen LogP contribution in [0.1, 0.15) is 24.8 Å². The molecule has 2 aromatic carbocycles. The van der Waals surface area contributed by atoms with Crippen LogP contribution in [0.3, 0.4) is 0 Å². The SMILES string of the molecule is Cc1cccc(Oc2ccccc2NC(=O)CC2CCCN2)c1. The summed E-state index contributed by atoms with van der Waals surface area (Å²) in [5.74, 6) is 1.44. The van der Waals surface area contributed by atoms with E-state index in [0.29, 0.717) is 23.9 Å². The molecule has 0 spiro atoms. The van der Waals surface area contributed by atoms with Crippen LogP contribution < -0.4 is 15.4 Å². The van der Waals surface area contributed by atoms with Gasteiger partial charge in [0.15, 0.2) is 5.75 Å². The Morgan fingerprint density at radius 2 is 2.13 bits per heavy atom. The number of carbonyl (C=O) groups excluding carboxylic acids is 1. The van der Waals surface area contributed by atoms with E-state index in [2.05, 4.69) is 10.6 Å². The first-order valence-electron chi connectivity index (χ1n) is 8.07. The smallest absolute Gasteiger partial charge is 0.226 e. The number of hydrogen-bond acceptors (Lipinski definition) is 3. The molecule has 120 valence electrons. The molecular formula is C19H22N2O2. The van der Waals surface area contributed by atoms with Crippen molar-refractivity contribution in [2.45, 2.75) is 32.2 Å². The van der Waals surface area contributed by atoms with Gasteiger partial charge < -0.3 is 15.4 Å². The molecule has 1 fully saturated rings. The molecule has 4 nitrogen and oxygen atoms in total. The molecule has 1 amide bonds. The average Bonchev–Trinajstić information content (AvgIpc) is 3.02. The topological polar surface area (TPSA) is 50.4 Å². The van der Waals surface area contributed by atoms with Crippen LogP contribution in [0.4, 0.5) is 5.69 Å². The molecule has 1 atom stereocenters. The zero-order chi connectivity index (χ0) is 16.1. The summed E-state index contributed by atoms with van der Waals surface area (Å²) in [5.41, 5.74) is 1.84. The lowest BCUT2D eigenvalue weighted by Crippen LogP contribution is -2.27. The van der Waals surface area contributed by atoms with Crippen LogP contribution >= 0.6 is 0 Å². The molecule has 1 aliphatic heterocycles. The number of anilines is 1. The summed E-state index contributed by atoms with van der Waals surface area (Å²) < 4.78 is 5.93. The fraction of sp³-hybridized carbons (Fsp3) is 0.316. The predicted octanol–water partition coefficient (Wildman–Crippen LogP) is 3.87. The molecular weight excluding hydrogens is 288 g/mol. The lowest BCUT2D eigenvalue weighted by Gasteiger charge is -2.14. The van der Waals surface area contributed by atoms with Crippen LogP contribution in [0.5, 0.6) is 11.5 Å². The fourth-order valence-electron chi connectivity index (χ4n) is 2.82. The maximum absolute atomic E-state index is 12.2. The summed E-state index contributed by atoms with van der Waals surface area (Å²) in [6.07, 6.45) is 2.71. The fourth-order valence-corrected chi connectivity index (χ4v) is 2.82. The highest BCUT2D eigenvalue weighted by atomic mass is 16.5. The molecule has 2 N–H and O–H groups in total. The highest BCUT2D eigenvalue weighted by Crippen LogP contribution is 2.29. The maximum atomic E-state index is 12.2. The number of ether oxygens (including phenoxy) is 1. The van der Waals surface area contributed by atoms with Gasteiger partial charge in [-0.05, 0) is 56.1 Å². The van der Waals surface area contributed by atoms with Crippen LogP contribution in [-0.2, 0) is 4.79 Å². The van der Waals surface area contributed by atoms with Crippen molar-refractivity contribution in [3.8, 4) is 11.5 Å². The zero-order valence-electron chi connectivity index (χ0n) is 13.3. The standard InChI is InChI=1S/C19H22N2O2/c1-14-6-4-8-16(12-14)23-18-10-3-2-9-17(18)21-19(22)13-15-7-5-11-20-15/h2-4,6,8-10,12,15,20H,5,7,11,13H2,1H3,(H,21,22). The van der Waals surface area contributed by atoms with Crippen molar-refractivity contribution in [1.82, 2.24) is 5.32 Å². The summed E-state index contributed by atoms with van der Waals surface area (Å²) >= 11 is 0. The third-order valence-electron chi connectivity index (χ3n) is 3.97. The minimum absolute atomic E-state index is 0.0182. The van der Waals surface area contributed by atoms with Crippen molar-refractivity contribution >= 4 is 11.6 Å². The second-order valence-corrected chi connectivity index (χ2v) is 5.96. The van der Waals surface area contributed by atoms with Crippen molar-refractivity contribution in [2.75, 3.05) is 11.9 Å². The molecule has 0 radical (unpaired) electrons. The Morgan fingerprint density at radius 3 is 2.91 bits per heavy atom. The Morgan fingerprint density at radius 1 is 1.26 bits per heavy atom. The van der Waals surface area contributed by atoms with Gasteiger partial charge in [-0.3, -0.25) is 4.79 Å². The van der Waals surface area contributed by atoms with Crippen molar-refractivity contribution in [2.24, 2.45) is 0 Å². The zero-order valence-corrected chi connectivity index (χ0v) is 13.3. The maximum Gasteiger partial charge on any atom is 0.226 e. The number of hydrogen-bond donors (Lipinski definition) is 2. The van der Waals surface area contributed by atoms with Crippen LogP contribution in [0.25, 0.3) is 0 Å². The molecule has 23 heavy (non-hydrogen) atoms. The van der Waals surface area contributed by atoms with E-state index in [0.717, 1.165) is 30.7 Å². The number of para-hydroxylation sites is 2. The number of amides is 1. The molecule has 1 saturated heterocycles. The molecule has 0 saturated carbocycles. The van der Waals surface area contributed by atoms with Crippen LogP contribution in [0.15, 0.2) is 48.5 Å². The first kappa shape index (κ1) is 15.6. The predicted molar refractivity (Wildman–Crippen MR) is 92.0 cm³/mol. The Bertz CT molecular complexity index is 679. The van der Waals surface area contributed by atoms with Gasteiger partial charge in [-0.1, -0.05) is 24.3 Å². The Balaban J connectivity index is 1.68. The number of rotatable bonds is 5. The second-order valence-electron chi connectivity index (χ2n) is 5.96. The van der Waals surface area contributed by atoms with E-state index in [1.807, 2.05) is 55.5 Å². The summed E-state index contributed by atoms with van der Waals surface area (Å²) in [6.45, 7) is 3.03. The molecule has 3 rings (SSSR count). The highest BCUT2D eigenvalue weighted by molar-refractivity contribution is 5.92. The molecule has 1 unspecified atom stereocenters. The van der Waals surface area contributed by atoms with Gasteiger partial charge >= 0.3 is 0 Å². The number of carbonyl (C=O) groups is 1. The van der Waals surface area contributed by atoms with Crippen LogP contribution in [0.2, 0.25) is 0 Å². The lowest BCUT2D eigenvalue weighted by atomic mass is 10.1. The highest BCUT2D eigenvalue weighted by Gasteiger charge is 2.18. The van der Waals surface area contributed by atoms with E-state index >= 15 is 0 Å². The van der Waals surface area contributed by atoms with Gasteiger partial charge in [0.1, 0.15) is 5.75 Å². The van der Waals surface area contributed by atoms with Crippen molar-refractivity contribution in [3.63, 3.8) is 0 Å². The van der Waals surface area contributed by atoms with Gasteiger partial charge in [0.05, 0.1) is 5.69 Å². The minimum atomic E-state index is 0.0182. The summed E-state index contributed by atoms with van der Waals surface area (Å²) in [4.78, 5) is 12.2. The third-order valence-corrected chi connectivity index (χ3v) is 3.97. The first-order chi connectivity index (χ1) is 11.2. The number of nitrogens with one attached hydrogen (secondary N) is 2. The number of aryl methyl sites for hydroxylation is 1. The van der Waals surface area contributed by atoms with Gasteiger partial charge in [-0.2, -0.15) is 0 Å². The Kier molecular flexibility index (Phi) is 4.93. The molecule has 4 heteroatoms. The summed E-state index contributed by atoms with van der Waals surface area (Å²) in [7, 11) is 0. The molecule has 0 aromatic heterocycles. The largest absolute Gasteiger partial charge is 0.455 e.